The summed E-state index contributed by atoms with van der Waals surface area (Å²) in [6.07, 6.45) is 3.50. The van der Waals surface area contributed by atoms with Gasteiger partial charge in [-0.05, 0) is 29.1 Å². The average Bonchev–Trinajstić information content (AvgIpc) is 3.19. The molecule has 0 saturated heterocycles. The molecule has 3 aromatic heterocycles. The summed E-state index contributed by atoms with van der Waals surface area (Å²) < 4.78 is 1.96. The van der Waals surface area contributed by atoms with Gasteiger partial charge in [-0.25, -0.2) is 15.0 Å². The van der Waals surface area contributed by atoms with E-state index in [1.54, 1.807) is 36.0 Å². The van der Waals surface area contributed by atoms with E-state index in [9.17, 15) is 5.11 Å². The molecule has 0 unspecified atom stereocenters. The van der Waals surface area contributed by atoms with Crippen LogP contribution in [0.5, 0.6) is 5.75 Å². The minimum atomic E-state index is 0.263. The lowest BCUT2D eigenvalue weighted by Crippen LogP contribution is -2.00. The van der Waals surface area contributed by atoms with Gasteiger partial charge < -0.3 is 9.67 Å². The number of phenolic OH excluding ortho intramolecular Hbond substituents is 1. The van der Waals surface area contributed by atoms with Crippen molar-refractivity contribution in [1.82, 2.24) is 19.5 Å². The zero-order valence-corrected chi connectivity index (χ0v) is 12.4. The summed E-state index contributed by atoms with van der Waals surface area (Å²) in [7, 11) is 0. The van der Waals surface area contributed by atoms with E-state index in [1.165, 1.54) is 0 Å². The van der Waals surface area contributed by atoms with Crippen molar-refractivity contribution in [3.8, 4) is 16.3 Å². The molecule has 0 spiro atoms. The van der Waals surface area contributed by atoms with Crippen molar-refractivity contribution < 1.29 is 5.11 Å². The van der Waals surface area contributed by atoms with Crippen molar-refractivity contribution in [1.29, 1.82) is 0 Å². The molecule has 6 heteroatoms. The predicted octanol–water partition coefficient (Wildman–Crippen LogP) is 3.31. The number of hydrogen-bond donors (Lipinski definition) is 1. The van der Waals surface area contributed by atoms with E-state index >= 15 is 0 Å². The lowest BCUT2D eigenvalue weighted by atomic mass is 10.2. The number of aromatic nitrogens is 4. The highest BCUT2D eigenvalue weighted by Gasteiger charge is 2.09. The zero-order valence-electron chi connectivity index (χ0n) is 11.5. The molecule has 1 N–H and O–H groups in total. The third-order valence-corrected chi connectivity index (χ3v) is 4.28. The van der Waals surface area contributed by atoms with Gasteiger partial charge in [0.25, 0.3) is 0 Å². The Hall–Kier alpha value is -2.73. The summed E-state index contributed by atoms with van der Waals surface area (Å²) in [5, 5.41) is 11.4. The van der Waals surface area contributed by atoms with E-state index in [2.05, 4.69) is 9.97 Å². The first-order valence-electron chi connectivity index (χ1n) is 6.79. The van der Waals surface area contributed by atoms with Crippen molar-refractivity contribution in [2.75, 3.05) is 0 Å². The van der Waals surface area contributed by atoms with E-state index < -0.39 is 0 Å². The van der Waals surface area contributed by atoms with Gasteiger partial charge in [-0.3, -0.25) is 0 Å². The minimum absolute atomic E-state index is 0.263. The number of imidazole rings is 1. The first kappa shape index (κ1) is 13.0. The molecule has 0 atom stereocenters. The minimum Gasteiger partial charge on any atom is -0.508 e. The largest absolute Gasteiger partial charge is 0.508 e. The molecule has 0 aliphatic rings. The summed E-state index contributed by atoms with van der Waals surface area (Å²) in [4.78, 5) is 14.5. The van der Waals surface area contributed by atoms with Crippen LogP contribution in [0.3, 0.4) is 0 Å². The quantitative estimate of drug-likeness (QED) is 0.630. The fraction of sp³-hybridized carbons (Fsp3) is 0.0625. The fourth-order valence-corrected chi connectivity index (χ4v) is 2.97. The normalized spacial score (nSPS) is 11.1. The lowest BCUT2D eigenvalue weighted by molar-refractivity contribution is 0.475. The van der Waals surface area contributed by atoms with E-state index in [1.807, 2.05) is 34.2 Å². The molecule has 0 fully saturated rings. The number of nitrogens with zero attached hydrogens (tertiary/aromatic N) is 4. The third kappa shape index (κ3) is 2.33. The van der Waals surface area contributed by atoms with Crippen LogP contribution in [-0.4, -0.2) is 24.6 Å². The first-order chi connectivity index (χ1) is 10.8. The maximum absolute atomic E-state index is 9.36. The Kier molecular flexibility index (Phi) is 3.08. The molecule has 0 radical (unpaired) electrons. The molecule has 0 aliphatic heterocycles. The molecule has 0 bridgehead atoms. The Morgan fingerprint density at radius 2 is 1.95 bits per heavy atom. The fourth-order valence-electron chi connectivity index (χ4n) is 2.29. The maximum Gasteiger partial charge on any atom is 0.197 e. The number of aromatic hydroxyl groups is 1. The number of thiophene rings is 1. The smallest absolute Gasteiger partial charge is 0.197 e. The maximum atomic E-state index is 9.36. The summed E-state index contributed by atoms with van der Waals surface area (Å²) in [5.74, 6) is 0.263. The highest BCUT2D eigenvalue weighted by Crippen LogP contribution is 2.23. The monoisotopic (exact) mass is 308 g/mol. The Bertz CT molecular complexity index is 913. The van der Waals surface area contributed by atoms with Crippen LogP contribution < -0.4 is 0 Å². The zero-order chi connectivity index (χ0) is 14.9. The molecule has 1 aromatic carbocycles. The molecule has 4 aromatic rings. The average molecular weight is 308 g/mol. The Balaban J connectivity index is 1.74. The second-order valence-corrected chi connectivity index (χ2v) is 5.87. The molecule has 0 amide bonds. The molecular formula is C16H12N4OS. The second-order valence-electron chi connectivity index (χ2n) is 4.92. The van der Waals surface area contributed by atoms with Gasteiger partial charge in [0.1, 0.15) is 11.4 Å². The molecular weight excluding hydrogens is 296 g/mol. The molecule has 0 aliphatic carbocycles. The summed E-state index contributed by atoms with van der Waals surface area (Å²) in [6.45, 7) is 0.638. The van der Waals surface area contributed by atoms with Gasteiger partial charge in [0, 0.05) is 0 Å². The number of phenols is 1. The third-order valence-electron chi connectivity index (χ3n) is 3.39. The topological polar surface area (TPSA) is 63.8 Å². The summed E-state index contributed by atoms with van der Waals surface area (Å²) in [6, 6.07) is 11.2. The summed E-state index contributed by atoms with van der Waals surface area (Å²) in [5.41, 5.74) is 3.33. The number of hydrogen-bond acceptors (Lipinski definition) is 5. The van der Waals surface area contributed by atoms with Gasteiger partial charge >= 0.3 is 0 Å². The van der Waals surface area contributed by atoms with E-state index in [4.69, 9.17) is 4.98 Å². The van der Waals surface area contributed by atoms with Crippen LogP contribution in [0.1, 0.15) is 5.56 Å². The van der Waals surface area contributed by atoms with Crippen LogP contribution in [0.2, 0.25) is 0 Å². The predicted molar refractivity (Wildman–Crippen MR) is 85.8 cm³/mol. The van der Waals surface area contributed by atoms with Crippen molar-refractivity contribution in [3.63, 3.8) is 0 Å². The van der Waals surface area contributed by atoms with Crippen molar-refractivity contribution in [2.45, 2.75) is 6.54 Å². The number of benzene rings is 1. The van der Waals surface area contributed by atoms with Gasteiger partial charge in [0.05, 0.1) is 23.9 Å². The van der Waals surface area contributed by atoms with E-state index in [0.29, 0.717) is 12.2 Å². The molecule has 22 heavy (non-hydrogen) atoms. The lowest BCUT2D eigenvalue weighted by Gasteiger charge is -2.05. The molecule has 108 valence electrons. The first-order valence-corrected chi connectivity index (χ1v) is 7.67. The molecule has 4 rings (SSSR count). The molecule has 5 nitrogen and oxygen atoms in total. The van der Waals surface area contributed by atoms with Gasteiger partial charge in [-0.2, -0.15) is 0 Å². The van der Waals surface area contributed by atoms with Crippen LogP contribution >= 0.6 is 11.3 Å². The Labute approximate surface area is 130 Å². The Morgan fingerprint density at radius 1 is 1.09 bits per heavy atom. The standard InChI is InChI=1S/C16H12N4OS/c21-12-5-3-11(4-6-12)9-20-10-18-15-16(20)19-13(8-17-15)14-2-1-7-22-14/h1-8,10,21H,9H2. The number of fused-ring (bicyclic) bond motifs is 1. The van der Waals surface area contributed by atoms with Crippen molar-refractivity contribution >= 4 is 22.6 Å². The van der Waals surface area contributed by atoms with E-state index in [0.717, 1.165) is 21.8 Å². The van der Waals surface area contributed by atoms with Gasteiger partial charge in [0.15, 0.2) is 11.3 Å². The van der Waals surface area contributed by atoms with E-state index in [-0.39, 0.29) is 5.75 Å². The SMILES string of the molecule is Oc1ccc(Cn2cnc3ncc(-c4cccs4)nc32)cc1. The van der Waals surface area contributed by atoms with Gasteiger partial charge in [-0.1, -0.05) is 18.2 Å². The number of rotatable bonds is 3. The van der Waals surface area contributed by atoms with Crippen LogP contribution in [0.15, 0.2) is 54.3 Å². The van der Waals surface area contributed by atoms with Crippen LogP contribution in [0, 0.1) is 0 Å². The van der Waals surface area contributed by atoms with Gasteiger partial charge in [-0.15, -0.1) is 11.3 Å². The van der Waals surface area contributed by atoms with Gasteiger partial charge in [0.2, 0.25) is 0 Å². The van der Waals surface area contributed by atoms with Crippen LogP contribution in [0.4, 0.5) is 0 Å². The van der Waals surface area contributed by atoms with Crippen LogP contribution in [-0.2, 0) is 6.54 Å². The molecule has 0 saturated carbocycles. The van der Waals surface area contributed by atoms with Crippen molar-refractivity contribution in [3.05, 3.63) is 59.9 Å². The highest BCUT2D eigenvalue weighted by atomic mass is 32.1. The highest BCUT2D eigenvalue weighted by molar-refractivity contribution is 7.13. The van der Waals surface area contributed by atoms with Crippen LogP contribution in [0.25, 0.3) is 21.9 Å². The summed E-state index contributed by atoms with van der Waals surface area (Å²) >= 11 is 1.64. The second kappa shape index (κ2) is 5.23. The Morgan fingerprint density at radius 3 is 2.73 bits per heavy atom. The van der Waals surface area contributed by atoms with Crippen molar-refractivity contribution in [2.24, 2.45) is 0 Å². The molecule has 3 heterocycles.